The van der Waals surface area contributed by atoms with Gasteiger partial charge in [0.25, 0.3) is 0 Å². The SMILES string of the molecule is Cc1cc(C2CCNCC2)c2c(c1C)OCCO2. The van der Waals surface area contributed by atoms with Crippen molar-refractivity contribution in [2.24, 2.45) is 0 Å². The Morgan fingerprint density at radius 3 is 2.44 bits per heavy atom. The molecule has 1 aromatic carbocycles. The summed E-state index contributed by atoms with van der Waals surface area (Å²) >= 11 is 0. The third-order valence-corrected chi connectivity index (χ3v) is 4.13. The van der Waals surface area contributed by atoms with E-state index in [2.05, 4.69) is 25.2 Å². The molecule has 3 heteroatoms. The molecule has 0 atom stereocenters. The number of hydrogen-bond donors (Lipinski definition) is 1. The third kappa shape index (κ3) is 1.97. The molecular weight excluding hydrogens is 226 g/mol. The molecule has 18 heavy (non-hydrogen) atoms. The second-order valence-corrected chi connectivity index (χ2v) is 5.29. The average Bonchev–Trinajstić information content (AvgIpc) is 2.44. The number of benzene rings is 1. The van der Waals surface area contributed by atoms with Gasteiger partial charge in [-0.25, -0.2) is 0 Å². The Kier molecular flexibility index (Phi) is 3.16. The molecule has 1 fully saturated rings. The Labute approximate surface area is 108 Å². The first kappa shape index (κ1) is 11.8. The van der Waals surface area contributed by atoms with Crippen molar-refractivity contribution in [1.82, 2.24) is 5.32 Å². The smallest absolute Gasteiger partial charge is 0.165 e. The summed E-state index contributed by atoms with van der Waals surface area (Å²) in [6, 6.07) is 2.30. The van der Waals surface area contributed by atoms with Crippen LogP contribution in [0.5, 0.6) is 11.5 Å². The number of hydrogen-bond acceptors (Lipinski definition) is 3. The molecule has 0 amide bonds. The van der Waals surface area contributed by atoms with Crippen LogP contribution in [-0.2, 0) is 0 Å². The van der Waals surface area contributed by atoms with E-state index in [0.29, 0.717) is 19.1 Å². The molecule has 2 aliphatic rings. The minimum Gasteiger partial charge on any atom is -0.486 e. The van der Waals surface area contributed by atoms with Crippen molar-refractivity contribution in [1.29, 1.82) is 0 Å². The van der Waals surface area contributed by atoms with Crippen LogP contribution >= 0.6 is 0 Å². The molecule has 1 N–H and O–H groups in total. The lowest BCUT2D eigenvalue weighted by Crippen LogP contribution is -2.27. The molecule has 1 aromatic rings. The number of aryl methyl sites for hydroxylation is 1. The molecular formula is C15H21NO2. The van der Waals surface area contributed by atoms with E-state index in [4.69, 9.17) is 9.47 Å². The Morgan fingerprint density at radius 2 is 1.72 bits per heavy atom. The van der Waals surface area contributed by atoms with Gasteiger partial charge in [0.1, 0.15) is 13.2 Å². The predicted octanol–water partition coefficient (Wildman–Crippen LogP) is 2.54. The van der Waals surface area contributed by atoms with Crippen LogP contribution in [0.1, 0.15) is 35.4 Å². The lowest BCUT2D eigenvalue weighted by atomic mass is 9.87. The van der Waals surface area contributed by atoms with E-state index >= 15 is 0 Å². The van der Waals surface area contributed by atoms with E-state index in [1.807, 2.05) is 0 Å². The maximum atomic E-state index is 5.90. The first-order valence-corrected chi connectivity index (χ1v) is 6.88. The zero-order chi connectivity index (χ0) is 12.5. The van der Waals surface area contributed by atoms with E-state index in [1.54, 1.807) is 0 Å². The molecule has 0 aliphatic carbocycles. The number of fused-ring (bicyclic) bond motifs is 1. The molecule has 0 aromatic heterocycles. The summed E-state index contributed by atoms with van der Waals surface area (Å²) in [6.45, 7) is 7.84. The van der Waals surface area contributed by atoms with Crippen molar-refractivity contribution in [3.05, 3.63) is 22.8 Å². The molecule has 3 nitrogen and oxygen atoms in total. The highest BCUT2D eigenvalue weighted by Gasteiger charge is 2.26. The number of rotatable bonds is 1. The first-order chi connectivity index (χ1) is 8.77. The van der Waals surface area contributed by atoms with E-state index in [1.165, 1.54) is 29.5 Å². The van der Waals surface area contributed by atoms with Gasteiger partial charge < -0.3 is 14.8 Å². The Morgan fingerprint density at radius 1 is 1.06 bits per heavy atom. The zero-order valence-electron chi connectivity index (χ0n) is 11.2. The molecule has 1 saturated heterocycles. The lowest BCUT2D eigenvalue weighted by molar-refractivity contribution is 0.167. The highest BCUT2D eigenvalue weighted by molar-refractivity contribution is 5.56. The van der Waals surface area contributed by atoms with Crippen LogP contribution in [0.4, 0.5) is 0 Å². The van der Waals surface area contributed by atoms with Crippen LogP contribution in [-0.4, -0.2) is 26.3 Å². The van der Waals surface area contributed by atoms with Crippen LogP contribution in [0, 0.1) is 13.8 Å². The van der Waals surface area contributed by atoms with Crippen molar-refractivity contribution in [2.45, 2.75) is 32.6 Å². The van der Waals surface area contributed by atoms with Gasteiger partial charge in [-0.3, -0.25) is 0 Å². The van der Waals surface area contributed by atoms with Crippen molar-refractivity contribution in [2.75, 3.05) is 26.3 Å². The Hall–Kier alpha value is -1.22. The fourth-order valence-electron chi connectivity index (χ4n) is 2.93. The van der Waals surface area contributed by atoms with E-state index in [0.717, 1.165) is 24.6 Å². The standard InChI is InChI=1S/C15H21NO2/c1-10-9-13(12-3-5-16-6-4-12)15-14(11(10)2)17-7-8-18-15/h9,12,16H,3-8H2,1-2H3. The number of nitrogens with one attached hydrogen (secondary N) is 1. The summed E-state index contributed by atoms with van der Waals surface area (Å²) in [6.07, 6.45) is 2.39. The van der Waals surface area contributed by atoms with Gasteiger partial charge in [-0.15, -0.1) is 0 Å². The predicted molar refractivity (Wildman–Crippen MR) is 71.8 cm³/mol. The quantitative estimate of drug-likeness (QED) is 0.827. The highest BCUT2D eigenvalue weighted by Crippen LogP contribution is 2.43. The van der Waals surface area contributed by atoms with Crippen LogP contribution in [0.3, 0.4) is 0 Å². The van der Waals surface area contributed by atoms with Gasteiger partial charge in [-0.1, -0.05) is 6.07 Å². The monoisotopic (exact) mass is 247 g/mol. The Balaban J connectivity index is 2.05. The fourth-order valence-corrected chi connectivity index (χ4v) is 2.93. The summed E-state index contributed by atoms with van der Waals surface area (Å²) in [7, 11) is 0. The van der Waals surface area contributed by atoms with Crippen molar-refractivity contribution in [3.63, 3.8) is 0 Å². The minimum atomic E-state index is 0.612. The van der Waals surface area contributed by atoms with Crippen LogP contribution < -0.4 is 14.8 Å². The molecule has 98 valence electrons. The second kappa shape index (κ2) is 4.81. The van der Waals surface area contributed by atoms with E-state index in [-0.39, 0.29) is 0 Å². The lowest BCUT2D eigenvalue weighted by Gasteiger charge is -2.29. The molecule has 0 saturated carbocycles. The number of ether oxygens (including phenoxy) is 2. The summed E-state index contributed by atoms with van der Waals surface area (Å²) in [5.74, 6) is 2.60. The number of piperidine rings is 1. The summed E-state index contributed by atoms with van der Waals surface area (Å²) in [5, 5.41) is 3.42. The second-order valence-electron chi connectivity index (χ2n) is 5.29. The van der Waals surface area contributed by atoms with E-state index < -0.39 is 0 Å². The van der Waals surface area contributed by atoms with Gasteiger partial charge in [0.15, 0.2) is 11.5 Å². The average molecular weight is 247 g/mol. The summed E-state index contributed by atoms with van der Waals surface area (Å²) in [5.41, 5.74) is 3.89. The highest BCUT2D eigenvalue weighted by atomic mass is 16.6. The maximum Gasteiger partial charge on any atom is 0.165 e. The van der Waals surface area contributed by atoms with Crippen molar-refractivity contribution in [3.8, 4) is 11.5 Å². The topological polar surface area (TPSA) is 30.5 Å². The molecule has 0 radical (unpaired) electrons. The summed E-state index contributed by atoms with van der Waals surface area (Å²) < 4.78 is 11.7. The third-order valence-electron chi connectivity index (χ3n) is 4.13. The van der Waals surface area contributed by atoms with Gasteiger partial charge in [0, 0.05) is 5.56 Å². The summed E-state index contributed by atoms with van der Waals surface area (Å²) in [4.78, 5) is 0. The van der Waals surface area contributed by atoms with Crippen LogP contribution in [0.2, 0.25) is 0 Å². The van der Waals surface area contributed by atoms with Gasteiger partial charge in [0.05, 0.1) is 0 Å². The largest absolute Gasteiger partial charge is 0.486 e. The molecule has 0 bridgehead atoms. The normalized spacial score (nSPS) is 19.9. The molecule has 3 rings (SSSR count). The van der Waals surface area contributed by atoms with Gasteiger partial charge in [-0.2, -0.15) is 0 Å². The van der Waals surface area contributed by atoms with E-state index in [9.17, 15) is 0 Å². The van der Waals surface area contributed by atoms with Crippen molar-refractivity contribution >= 4 is 0 Å². The van der Waals surface area contributed by atoms with Gasteiger partial charge in [0.2, 0.25) is 0 Å². The van der Waals surface area contributed by atoms with Gasteiger partial charge >= 0.3 is 0 Å². The van der Waals surface area contributed by atoms with Crippen LogP contribution in [0.15, 0.2) is 6.07 Å². The fraction of sp³-hybridized carbons (Fsp3) is 0.600. The Bertz CT molecular complexity index is 450. The van der Waals surface area contributed by atoms with Crippen LogP contribution in [0.25, 0.3) is 0 Å². The van der Waals surface area contributed by atoms with Gasteiger partial charge in [-0.05, 0) is 56.8 Å². The van der Waals surface area contributed by atoms with Crippen molar-refractivity contribution < 1.29 is 9.47 Å². The molecule has 0 unspecified atom stereocenters. The maximum absolute atomic E-state index is 5.90. The zero-order valence-corrected chi connectivity index (χ0v) is 11.2. The molecule has 2 heterocycles. The molecule has 2 aliphatic heterocycles. The first-order valence-electron chi connectivity index (χ1n) is 6.88. The molecule has 0 spiro atoms. The minimum absolute atomic E-state index is 0.612.